The van der Waals surface area contributed by atoms with Gasteiger partial charge in [0.25, 0.3) is 5.91 Å². The number of rotatable bonds is 13. The van der Waals surface area contributed by atoms with E-state index >= 15 is 0 Å². The predicted octanol–water partition coefficient (Wildman–Crippen LogP) is -0.652. The van der Waals surface area contributed by atoms with Gasteiger partial charge in [-0.15, -0.1) is 0 Å². The Morgan fingerprint density at radius 3 is 2.37 bits per heavy atom. The molecule has 206 valence electrons. The number of aromatic nitrogens is 2. The Bertz CT molecular complexity index is 1030. The summed E-state index contributed by atoms with van der Waals surface area (Å²) in [4.78, 5) is 26.0. The van der Waals surface area contributed by atoms with Gasteiger partial charge < -0.3 is 29.8 Å². The van der Waals surface area contributed by atoms with Crippen LogP contribution in [-0.4, -0.2) is 75.3 Å². The average molecular weight is 544 g/mol. The van der Waals surface area contributed by atoms with E-state index in [1.807, 2.05) is 20.8 Å². The van der Waals surface area contributed by atoms with Gasteiger partial charge in [0.05, 0.1) is 36.9 Å². The molecule has 0 spiro atoms. The number of carboxylic acid groups (broad SMARTS) is 1. The number of amides is 1. The van der Waals surface area contributed by atoms with Gasteiger partial charge in [-0.2, -0.15) is 5.10 Å². The first kappa shape index (κ1) is 34.2. The number of aliphatic hydroxyl groups excluding tert-OH is 2. The molecule has 38 heavy (non-hydrogen) atoms. The molecule has 1 amide bonds. The Hall–Kier alpha value is -1.82. The van der Waals surface area contributed by atoms with Crippen molar-refractivity contribution in [3.8, 4) is 0 Å². The molecule has 2 atom stereocenters. The van der Waals surface area contributed by atoms with Crippen LogP contribution in [-0.2, 0) is 16.0 Å². The number of morpholine rings is 1. The van der Waals surface area contributed by atoms with Crippen molar-refractivity contribution in [2.24, 2.45) is 0 Å². The van der Waals surface area contributed by atoms with Crippen LogP contribution in [0.4, 0.5) is 4.39 Å². The largest absolute Gasteiger partial charge is 1.00 e. The zero-order valence-corrected chi connectivity index (χ0v) is 25.2. The third kappa shape index (κ3) is 9.43. The number of allylic oxidation sites excluding steroid dienone is 5. The number of hydrogen-bond donors (Lipinski definition) is 2. The number of carbonyl (C=O) groups is 2. The first-order chi connectivity index (χ1) is 17.5. The van der Waals surface area contributed by atoms with Crippen molar-refractivity contribution in [2.45, 2.75) is 77.9 Å². The standard InChI is InChI=1S/C27H40FN3O6.Na/c1-6-19(14-18(5)28)22(7-2)31-23(9-8-20(32)15-21(33)16-24(34)35)25(17(3)4)26(29-31)27(36)30-10-12-37-13-11-30;/h7,14,17,20-21,32-33H,2,6,8-13,15-16H2,1,3-5H3,(H,34,35);/q;+1/p-1/b18-14+,22-19+;. The van der Waals surface area contributed by atoms with Gasteiger partial charge in [0.15, 0.2) is 5.69 Å². The van der Waals surface area contributed by atoms with Crippen LogP contribution in [0.15, 0.2) is 30.1 Å². The van der Waals surface area contributed by atoms with Crippen molar-refractivity contribution in [1.82, 2.24) is 14.7 Å². The quantitative estimate of drug-likeness (QED) is 0.250. The molecule has 1 aliphatic heterocycles. The monoisotopic (exact) mass is 543 g/mol. The molecule has 1 aliphatic rings. The minimum Gasteiger partial charge on any atom is -0.550 e. The van der Waals surface area contributed by atoms with E-state index in [1.54, 1.807) is 15.7 Å². The van der Waals surface area contributed by atoms with Crippen LogP contribution in [0.25, 0.3) is 5.70 Å². The third-order valence-electron chi connectivity index (χ3n) is 6.27. The Labute approximate surface area is 246 Å². The first-order valence-corrected chi connectivity index (χ1v) is 12.7. The van der Waals surface area contributed by atoms with E-state index in [2.05, 4.69) is 6.58 Å². The molecule has 2 N–H and O–H groups in total. The maximum atomic E-state index is 13.9. The normalized spacial score (nSPS) is 16.5. The summed E-state index contributed by atoms with van der Waals surface area (Å²) in [5.41, 5.74) is 2.85. The van der Waals surface area contributed by atoms with Gasteiger partial charge >= 0.3 is 29.6 Å². The van der Waals surface area contributed by atoms with Crippen molar-refractivity contribution in [3.63, 3.8) is 0 Å². The van der Waals surface area contributed by atoms with Gasteiger partial charge in [0.2, 0.25) is 0 Å². The Morgan fingerprint density at radius 2 is 1.87 bits per heavy atom. The van der Waals surface area contributed by atoms with Crippen molar-refractivity contribution in [3.05, 3.63) is 47.1 Å². The predicted molar refractivity (Wildman–Crippen MR) is 136 cm³/mol. The minimum atomic E-state index is -1.39. The number of hydrogen-bond acceptors (Lipinski definition) is 7. The van der Waals surface area contributed by atoms with Crippen molar-refractivity contribution in [2.75, 3.05) is 26.3 Å². The van der Waals surface area contributed by atoms with Crippen molar-refractivity contribution >= 4 is 17.6 Å². The number of carbonyl (C=O) groups excluding carboxylic acids is 2. The summed E-state index contributed by atoms with van der Waals surface area (Å²) in [5.74, 6) is -2.10. The molecule has 0 bridgehead atoms. The number of aliphatic hydroxyl groups is 2. The van der Waals surface area contributed by atoms with Crippen LogP contribution in [0, 0.1) is 0 Å². The number of nitrogens with zero attached hydrogens (tertiary/aromatic N) is 3. The van der Waals surface area contributed by atoms with E-state index in [9.17, 15) is 29.3 Å². The van der Waals surface area contributed by atoms with Crippen LogP contribution in [0.5, 0.6) is 0 Å². The molecule has 1 saturated heterocycles. The van der Waals surface area contributed by atoms with Crippen molar-refractivity contribution in [1.29, 1.82) is 0 Å². The first-order valence-electron chi connectivity index (χ1n) is 12.7. The smallest absolute Gasteiger partial charge is 0.550 e. The molecule has 1 aromatic heterocycles. The molecule has 0 aliphatic carbocycles. The second-order valence-corrected chi connectivity index (χ2v) is 9.54. The van der Waals surface area contributed by atoms with Crippen LogP contribution < -0.4 is 34.7 Å². The molecule has 2 rings (SSSR count). The van der Waals surface area contributed by atoms with E-state index in [1.165, 1.54) is 13.0 Å². The average Bonchev–Trinajstić information content (AvgIpc) is 3.21. The minimum absolute atomic E-state index is 0. The summed E-state index contributed by atoms with van der Waals surface area (Å²) in [7, 11) is 0. The number of aliphatic carboxylic acids is 1. The van der Waals surface area contributed by atoms with Gasteiger partial charge in [-0.3, -0.25) is 4.79 Å². The second-order valence-electron chi connectivity index (χ2n) is 9.54. The Balaban J connectivity index is 0.00000722. The molecule has 2 heterocycles. The summed E-state index contributed by atoms with van der Waals surface area (Å²) >= 11 is 0. The van der Waals surface area contributed by atoms with Gasteiger partial charge in [-0.05, 0) is 56.3 Å². The maximum absolute atomic E-state index is 13.9. The summed E-state index contributed by atoms with van der Waals surface area (Å²) in [5, 5.41) is 35.9. The van der Waals surface area contributed by atoms with Gasteiger partial charge in [-0.1, -0.05) is 27.4 Å². The van der Waals surface area contributed by atoms with Crippen LogP contribution in [0.2, 0.25) is 0 Å². The fourth-order valence-electron chi connectivity index (χ4n) is 4.55. The molecule has 9 nitrogen and oxygen atoms in total. The zero-order chi connectivity index (χ0) is 27.7. The van der Waals surface area contributed by atoms with E-state index in [0.717, 1.165) is 5.56 Å². The third-order valence-corrected chi connectivity index (χ3v) is 6.27. The number of ether oxygens (including phenoxy) is 1. The molecule has 2 unspecified atom stereocenters. The van der Waals surface area contributed by atoms with Gasteiger partial charge in [0.1, 0.15) is 0 Å². The number of carboxylic acids is 1. The topological polar surface area (TPSA) is 128 Å². The van der Waals surface area contributed by atoms with Crippen LogP contribution >= 0.6 is 0 Å². The molecule has 0 saturated carbocycles. The van der Waals surface area contributed by atoms with Gasteiger partial charge in [-0.25, -0.2) is 9.07 Å². The summed E-state index contributed by atoms with van der Waals surface area (Å²) < 4.78 is 20.9. The molecule has 0 radical (unpaired) electrons. The summed E-state index contributed by atoms with van der Waals surface area (Å²) in [6.45, 7) is 12.8. The fourth-order valence-corrected chi connectivity index (χ4v) is 4.55. The zero-order valence-electron chi connectivity index (χ0n) is 23.2. The molecule has 0 aromatic carbocycles. The molecular weight excluding hydrogens is 504 g/mol. The summed E-state index contributed by atoms with van der Waals surface area (Å²) in [6.07, 6.45) is 1.01. The second kappa shape index (κ2) is 16.3. The summed E-state index contributed by atoms with van der Waals surface area (Å²) in [6, 6.07) is 0. The van der Waals surface area contributed by atoms with Crippen molar-refractivity contribution < 1.29 is 63.6 Å². The molecule has 1 fully saturated rings. The Morgan fingerprint density at radius 1 is 1.24 bits per heavy atom. The van der Waals surface area contributed by atoms with Gasteiger partial charge in [0, 0.05) is 36.7 Å². The fraction of sp³-hybridized carbons (Fsp3) is 0.593. The SMILES string of the molecule is C=C/C(=C(\C=C(/C)F)CC)n1nc(C(=O)N2CCOCC2)c(C(C)C)c1CCC(O)CC(O)CC(=O)[O-].[Na+]. The molecular formula is C27H39FN3NaO6. The molecule has 11 heteroatoms. The van der Waals surface area contributed by atoms with E-state index in [0.29, 0.717) is 49.7 Å². The maximum Gasteiger partial charge on any atom is 1.00 e. The Kier molecular flexibility index (Phi) is 14.7. The van der Waals surface area contributed by atoms with E-state index < -0.39 is 24.6 Å². The molecule has 1 aromatic rings. The van der Waals surface area contributed by atoms with E-state index in [4.69, 9.17) is 9.84 Å². The number of halogens is 1. The van der Waals surface area contributed by atoms with E-state index in [-0.39, 0.29) is 72.2 Å². The van der Waals surface area contributed by atoms with Crippen LogP contribution in [0.1, 0.15) is 81.0 Å². The van der Waals surface area contributed by atoms with Crippen LogP contribution in [0.3, 0.4) is 0 Å².